The number of rotatable bonds is 4. The fraction of sp³-hybridized carbons (Fsp3) is 0.267. The Morgan fingerprint density at radius 3 is 3.00 bits per heavy atom. The molecule has 0 bridgehead atoms. The van der Waals surface area contributed by atoms with Gasteiger partial charge in [-0.2, -0.15) is 4.98 Å². The van der Waals surface area contributed by atoms with Crippen LogP contribution in [0.4, 0.5) is 5.95 Å². The summed E-state index contributed by atoms with van der Waals surface area (Å²) in [6.07, 6.45) is 4.75. The number of nitrogens with one attached hydrogen (secondary N) is 1. The van der Waals surface area contributed by atoms with E-state index in [1.54, 1.807) is 4.52 Å². The third kappa shape index (κ3) is 2.47. The minimum Gasteiger partial charge on any atom is -0.347 e. The van der Waals surface area contributed by atoms with E-state index in [1.165, 1.54) is 5.56 Å². The molecule has 5 nitrogen and oxygen atoms in total. The fourth-order valence-electron chi connectivity index (χ4n) is 2.18. The second kappa shape index (κ2) is 5.28. The lowest BCUT2D eigenvalue weighted by Gasteiger charge is -2.06. The molecule has 0 aliphatic carbocycles. The minimum atomic E-state index is 0.628. The van der Waals surface area contributed by atoms with Crippen LogP contribution in [0.15, 0.2) is 36.7 Å². The van der Waals surface area contributed by atoms with E-state index in [9.17, 15) is 0 Å². The van der Waals surface area contributed by atoms with E-state index in [0.29, 0.717) is 12.5 Å². The topological polar surface area (TPSA) is 55.1 Å². The second-order valence-electron chi connectivity index (χ2n) is 4.76. The van der Waals surface area contributed by atoms with Crippen molar-refractivity contribution in [2.75, 3.05) is 5.32 Å². The van der Waals surface area contributed by atoms with E-state index >= 15 is 0 Å². The van der Waals surface area contributed by atoms with Crippen molar-refractivity contribution >= 4 is 11.6 Å². The molecule has 0 fully saturated rings. The summed E-state index contributed by atoms with van der Waals surface area (Å²) in [5, 5.41) is 7.65. The summed E-state index contributed by atoms with van der Waals surface area (Å²) in [4.78, 5) is 8.85. The maximum Gasteiger partial charge on any atom is 0.243 e. The van der Waals surface area contributed by atoms with Crippen LogP contribution in [0.3, 0.4) is 0 Å². The molecule has 0 spiro atoms. The lowest BCUT2D eigenvalue weighted by Crippen LogP contribution is -2.06. The van der Waals surface area contributed by atoms with Crippen molar-refractivity contribution in [2.45, 2.75) is 26.8 Å². The van der Waals surface area contributed by atoms with E-state index < -0.39 is 0 Å². The van der Waals surface area contributed by atoms with Gasteiger partial charge in [0.05, 0.1) is 12.2 Å². The zero-order valence-electron chi connectivity index (χ0n) is 11.7. The van der Waals surface area contributed by atoms with E-state index in [4.69, 9.17) is 0 Å². The number of aromatic nitrogens is 4. The molecular formula is C15H17N5. The van der Waals surface area contributed by atoms with Crippen LogP contribution in [0.25, 0.3) is 5.65 Å². The van der Waals surface area contributed by atoms with Gasteiger partial charge in [-0.15, -0.1) is 5.10 Å². The van der Waals surface area contributed by atoms with Gasteiger partial charge in [-0.3, -0.25) is 4.98 Å². The molecule has 3 aromatic heterocycles. The Labute approximate surface area is 117 Å². The van der Waals surface area contributed by atoms with Crippen LogP contribution in [-0.2, 0) is 13.0 Å². The third-order valence-electron chi connectivity index (χ3n) is 3.26. The molecule has 1 N–H and O–H groups in total. The van der Waals surface area contributed by atoms with Crippen LogP contribution < -0.4 is 5.32 Å². The maximum absolute atomic E-state index is 4.44. The fourth-order valence-corrected chi connectivity index (χ4v) is 2.18. The molecule has 0 saturated heterocycles. The Bertz CT molecular complexity index is 732. The SMILES string of the molecule is CCc1cccnc1CNc1nc2ccc(C)cn2n1. The summed E-state index contributed by atoms with van der Waals surface area (Å²) in [7, 11) is 0. The molecule has 3 rings (SSSR count). The first-order valence-corrected chi connectivity index (χ1v) is 6.76. The molecule has 102 valence electrons. The van der Waals surface area contributed by atoms with E-state index in [2.05, 4.69) is 33.4 Å². The average Bonchev–Trinajstić information content (AvgIpc) is 2.87. The van der Waals surface area contributed by atoms with Crippen molar-refractivity contribution in [3.63, 3.8) is 0 Å². The molecule has 0 saturated carbocycles. The van der Waals surface area contributed by atoms with Crippen molar-refractivity contribution in [3.05, 3.63) is 53.5 Å². The zero-order chi connectivity index (χ0) is 13.9. The number of nitrogens with zero attached hydrogens (tertiary/aromatic N) is 4. The van der Waals surface area contributed by atoms with Crippen molar-refractivity contribution in [3.8, 4) is 0 Å². The molecule has 20 heavy (non-hydrogen) atoms. The summed E-state index contributed by atoms with van der Waals surface area (Å²) >= 11 is 0. The number of hydrogen-bond donors (Lipinski definition) is 1. The Balaban J connectivity index is 1.79. The van der Waals surface area contributed by atoms with Crippen LogP contribution >= 0.6 is 0 Å². The van der Waals surface area contributed by atoms with E-state index in [0.717, 1.165) is 23.3 Å². The number of aryl methyl sites for hydroxylation is 2. The quantitative estimate of drug-likeness (QED) is 0.789. The zero-order valence-corrected chi connectivity index (χ0v) is 11.7. The molecule has 0 unspecified atom stereocenters. The third-order valence-corrected chi connectivity index (χ3v) is 3.26. The first-order chi connectivity index (χ1) is 9.76. The average molecular weight is 267 g/mol. The molecule has 3 aromatic rings. The summed E-state index contributed by atoms with van der Waals surface area (Å²) in [6, 6.07) is 8.06. The lowest BCUT2D eigenvalue weighted by molar-refractivity contribution is 0.922. The molecule has 0 aromatic carbocycles. The summed E-state index contributed by atoms with van der Waals surface area (Å²) < 4.78 is 1.79. The second-order valence-corrected chi connectivity index (χ2v) is 4.76. The van der Waals surface area contributed by atoms with Crippen molar-refractivity contribution in [1.82, 2.24) is 19.6 Å². The number of hydrogen-bond acceptors (Lipinski definition) is 4. The molecular weight excluding hydrogens is 250 g/mol. The predicted octanol–water partition coefficient (Wildman–Crippen LogP) is 2.61. The van der Waals surface area contributed by atoms with E-state index in [1.807, 2.05) is 37.5 Å². The molecule has 3 heterocycles. The van der Waals surface area contributed by atoms with Crippen molar-refractivity contribution in [2.24, 2.45) is 0 Å². The number of anilines is 1. The predicted molar refractivity (Wildman–Crippen MR) is 78.7 cm³/mol. The lowest BCUT2D eigenvalue weighted by atomic mass is 10.1. The van der Waals surface area contributed by atoms with Crippen LogP contribution in [0.5, 0.6) is 0 Å². The normalized spacial score (nSPS) is 10.9. The van der Waals surface area contributed by atoms with Crippen LogP contribution in [-0.4, -0.2) is 19.6 Å². The largest absolute Gasteiger partial charge is 0.347 e. The van der Waals surface area contributed by atoms with Crippen LogP contribution in [0.1, 0.15) is 23.7 Å². The Hall–Kier alpha value is -2.43. The summed E-state index contributed by atoms with van der Waals surface area (Å²) in [5.74, 6) is 0.628. The smallest absolute Gasteiger partial charge is 0.243 e. The number of pyridine rings is 2. The highest BCUT2D eigenvalue weighted by molar-refractivity contribution is 5.44. The first kappa shape index (κ1) is 12.6. The van der Waals surface area contributed by atoms with Gasteiger partial charge < -0.3 is 5.32 Å². The Morgan fingerprint density at radius 1 is 1.25 bits per heavy atom. The van der Waals surface area contributed by atoms with Crippen molar-refractivity contribution < 1.29 is 0 Å². The Morgan fingerprint density at radius 2 is 2.15 bits per heavy atom. The molecule has 0 radical (unpaired) electrons. The van der Waals surface area contributed by atoms with Gasteiger partial charge in [-0.05, 0) is 36.6 Å². The monoisotopic (exact) mass is 267 g/mol. The van der Waals surface area contributed by atoms with Gasteiger partial charge >= 0.3 is 0 Å². The van der Waals surface area contributed by atoms with Gasteiger partial charge in [0, 0.05) is 12.4 Å². The van der Waals surface area contributed by atoms with Gasteiger partial charge in [0.15, 0.2) is 5.65 Å². The van der Waals surface area contributed by atoms with Gasteiger partial charge in [0.25, 0.3) is 0 Å². The minimum absolute atomic E-state index is 0.628. The summed E-state index contributed by atoms with van der Waals surface area (Å²) in [5.41, 5.74) is 4.30. The van der Waals surface area contributed by atoms with Crippen LogP contribution in [0, 0.1) is 6.92 Å². The van der Waals surface area contributed by atoms with Gasteiger partial charge in [-0.1, -0.05) is 19.1 Å². The number of fused-ring (bicyclic) bond motifs is 1. The van der Waals surface area contributed by atoms with Gasteiger partial charge in [0.1, 0.15) is 0 Å². The Kier molecular flexibility index (Phi) is 3.33. The molecule has 0 aliphatic heterocycles. The molecule has 0 aliphatic rings. The highest BCUT2D eigenvalue weighted by Crippen LogP contribution is 2.10. The molecule has 0 atom stereocenters. The van der Waals surface area contributed by atoms with E-state index in [-0.39, 0.29) is 0 Å². The summed E-state index contributed by atoms with van der Waals surface area (Å²) in [6.45, 7) is 4.81. The molecule has 0 amide bonds. The highest BCUT2D eigenvalue weighted by Gasteiger charge is 2.05. The first-order valence-electron chi connectivity index (χ1n) is 6.76. The highest BCUT2D eigenvalue weighted by atomic mass is 15.3. The standard InChI is InChI=1S/C15H17N5/c1-3-12-5-4-8-16-13(12)9-17-15-18-14-7-6-11(2)10-20(14)19-15/h4-8,10H,3,9H2,1-2H3,(H,17,19). The maximum atomic E-state index is 4.44. The van der Waals surface area contributed by atoms with Gasteiger partial charge in [-0.25, -0.2) is 4.52 Å². The van der Waals surface area contributed by atoms with Crippen molar-refractivity contribution in [1.29, 1.82) is 0 Å². The molecule has 5 heteroatoms. The van der Waals surface area contributed by atoms with Gasteiger partial charge in [0.2, 0.25) is 5.95 Å². The van der Waals surface area contributed by atoms with Crippen LogP contribution in [0.2, 0.25) is 0 Å².